The number of thioether (sulfide) groups is 1. The lowest BCUT2D eigenvalue weighted by Gasteiger charge is -2.33. The van der Waals surface area contributed by atoms with E-state index in [-0.39, 0.29) is 12.3 Å². The number of halogens is 2. The molecule has 1 saturated heterocycles. The van der Waals surface area contributed by atoms with Gasteiger partial charge < -0.3 is 0 Å². The van der Waals surface area contributed by atoms with E-state index in [1.165, 1.54) is 12.3 Å². The summed E-state index contributed by atoms with van der Waals surface area (Å²) in [5, 5.41) is 0.126. The van der Waals surface area contributed by atoms with Crippen LogP contribution in [-0.2, 0) is 9.84 Å². The summed E-state index contributed by atoms with van der Waals surface area (Å²) in [6.07, 6.45) is 1.20. The van der Waals surface area contributed by atoms with Crippen LogP contribution in [0, 0.1) is 0 Å². The van der Waals surface area contributed by atoms with Gasteiger partial charge in [0.05, 0.1) is 11.6 Å². The molecular formula is C13H15Cl2NO3S2. The maximum atomic E-state index is 12.4. The van der Waals surface area contributed by atoms with Crippen molar-refractivity contribution in [1.29, 1.82) is 0 Å². The molecule has 1 heterocycles. The number of carbonyl (C=O) groups excluding carboxylic acids is 1. The fraction of sp³-hybridized carbons (Fsp3) is 0.462. The Kier molecular flexibility index (Phi) is 5.59. The molecule has 0 spiro atoms. The average Bonchev–Trinajstić information content (AvgIpc) is 2.41. The van der Waals surface area contributed by atoms with Crippen molar-refractivity contribution < 1.29 is 13.2 Å². The first-order valence-corrected chi connectivity index (χ1v) is 10.1. The molecular weight excluding hydrogens is 353 g/mol. The average molecular weight is 368 g/mol. The number of hydrogen-bond donors (Lipinski definition) is 0. The lowest BCUT2D eigenvalue weighted by molar-refractivity contribution is 0.0928. The first-order chi connectivity index (χ1) is 9.79. The van der Waals surface area contributed by atoms with Gasteiger partial charge in [0.2, 0.25) is 0 Å². The van der Waals surface area contributed by atoms with Crippen LogP contribution in [0.3, 0.4) is 0 Å². The summed E-state index contributed by atoms with van der Waals surface area (Å²) in [6.45, 7) is 0.588. The van der Waals surface area contributed by atoms with Gasteiger partial charge in [-0.1, -0.05) is 23.2 Å². The van der Waals surface area contributed by atoms with Crippen LogP contribution < -0.4 is 0 Å². The number of nitrogens with zero attached hydrogens (tertiary/aromatic N) is 1. The molecule has 8 heteroatoms. The van der Waals surface area contributed by atoms with Crippen molar-refractivity contribution in [2.24, 2.45) is 0 Å². The van der Waals surface area contributed by atoms with E-state index in [0.717, 1.165) is 5.75 Å². The summed E-state index contributed by atoms with van der Waals surface area (Å²) < 4.78 is 23.6. The van der Waals surface area contributed by atoms with Crippen molar-refractivity contribution in [1.82, 2.24) is 4.90 Å². The number of hydrogen-bond acceptors (Lipinski definition) is 5. The number of benzene rings is 1. The fourth-order valence-corrected chi connectivity index (χ4v) is 5.51. The second-order valence-electron chi connectivity index (χ2n) is 4.88. The van der Waals surface area contributed by atoms with Crippen LogP contribution in [0.1, 0.15) is 10.4 Å². The van der Waals surface area contributed by atoms with Crippen molar-refractivity contribution in [3.8, 4) is 0 Å². The van der Waals surface area contributed by atoms with E-state index in [4.69, 9.17) is 23.2 Å². The summed E-state index contributed by atoms with van der Waals surface area (Å²) in [5.41, 5.74) is 0.328. The van der Waals surface area contributed by atoms with E-state index >= 15 is 0 Å². The molecule has 1 unspecified atom stereocenters. The summed E-state index contributed by atoms with van der Waals surface area (Å²) in [4.78, 5) is 14.1. The molecule has 1 aromatic rings. The minimum atomic E-state index is -3.23. The van der Waals surface area contributed by atoms with Crippen LogP contribution in [0.4, 0.5) is 0 Å². The van der Waals surface area contributed by atoms with E-state index in [9.17, 15) is 13.2 Å². The largest absolute Gasteiger partial charge is 0.293 e. The van der Waals surface area contributed by atoms with Gasteiger partial charge in [0.15, 0.2) is 15.6 Å². The van der Waals surface area contributed by atoms with Gasteiger partial charge >= 0.3 is 0 Å². The Morgan fingerprint density at radius 2 is 2.14 bits per heavy atom. The monoisotopic (exact) mass is 367 g/mol. The van der Waals surface area contributed by atoms with E-state index in [1.54, 1.807) is 28.8 Å². The predicted octanol–water partition coefficient (Wildman–Crippen LogP) is 2.60. The van der Waals surface area contributed by atoms with Crippen molar-refractivity contribution in [2.45, 2.75) is 5.37 Å². The van der Waals surface area contributed by atoms with Gasteiger partial charge in [-0.25, -0.2) is 8.42 Å². The Hall–Kier alpha value is -0.270. The van der Waals surface area contributed by atoms with Gasteiger partial charge in [-0.05, 0) is 18.2 Å². The standard InChI is InChI=1S/C13H15Cl2NO3S2/c1-21(18,19)13-8-20-5-4-16(13)7-12(17)10-6-9(14)2-3-11(10)15/h2-3,6,13H,4-5,7-8H2,1H3. The highest BCUT2D eigenvalue weighted by molar-refractivity contribution is 8.00. The first-order valence-electron chi connectivity index (χ1n) is 6.28. The van der Waals surface area contributed by atoms with Crippen molar-refractivity contribution in [3.63, 3.8) is 0 Å². The Balaban J connectivity index is 2.19. The number of ketones is 1. The molecule has 1 aromatic carbocycles. The summed E-state index contributed by atoms with van der Waals surface area (Å²) in [5.74, 6) is 1.07. The molecule has 1 aliphatic heterocycles. The molecule has 0 N–H and O–H groups in total. The lowest BCUT2D eigenvalue weighted by atomic mass is 10.1. The molecule has 4 nitrogen and oxygen atoms in total. The highest BCUT2D eigenvalue weighted by atomic mass is 35.5. The zero-order valence-electron chi connectivity index (χ0n) is 11.4. The molecule has 0 aliphatic carbocycles. The Labute approximate surface area is 138 Å². The number of Topliss-reactive ketones (excluding diaryl/α,β-unsaturated/α-hetero) is 1. The molecule has 2 rings (SSSR count). The smallest absolute Gasteiger partial charge is 0.178 e. The maximum Gasteiger partial charge on any atom is 0.178 e. The third-order valence-electron chi connectivity index (χ3n) is 3.26. The van der Waals surface area contributed by atoms with E-state index < -0.39 is 15.2 Å². The molecule has 0 radical (unpaired) electrons. The molecule has 0 bridgehead atoms. The van der Waals surface area contributed by atoms with Gasteiger partial charge in [-0.15, -0.1) is 0 Å². The van der Waals surface area contributed by atoms with Gasteiger partial charge in [0.25, 0.3) is 0 Å². The molecule has 0 aromatic heterocycles. The minimum absolute atomic E-state index is 0.0261. The number of rotatable bonds is 4. The van der Waals surface area contributed by atoms with Crippen LogP contribution in [0.2, 0.25) is 10.0 Å². The molecule has 21 heavy (non-hydrogen) atoms. The van der Waals surface area contributed by atoms with E-state index in [2.05, 4.69) is 0 Å². The van der Waals surface area contributed by atoms with Crippen LogP contribution in [-0.4, -0.2) is 55.3 Å². The quantitative estimate of drug-likeness (QED) is 0.765. The second kappa shape index (κ2) is 6.87. The lowest BCUT2D eigenvalue weighted by Crippen LogP contribution is -2.48. The van der Waals surface area contributed by atoms with E-state index in [1.807, 2.05) is 0 Å². The van der Waals surface area contributed by atoms with Crippen molar-refractivity contribution in [3.05, 3.63) is 33.8 Å². The van der Waals surface area contributed by atoms with Gasteiger partial charge in [0.1, 0.15) is 5.37 Å². The Bertz CT molecular complexity index is 649. The third kappa shape index (κ3) is 4.36. The van der Waals surface area contributed by atoms with Gasteiger partial charge in [-0.3, -0.25) is 9.69 Å². The van der Waals surface area contributed by atoms with Gasteiger partial charge in [0, 0.05) is 34.9 Å². The van der Waals surface area contributed by atoms with Crippen molar-refractivity contribution >= 4 is 50.6 Å². The zero-order valence-corrected chi connectivity index (χ0v) is 14.5. The number of carbonyl (C=O) groups is 1. The predicted molar refractivity (Wildman–Crippen MR) is 88.3 cm³/mol. The molecule has 116 valence electrons. The van der Waals surface area contributed by atoms with Crippen LogP contribution in [0.5, 0.6) is 0 Å². The normalized spacial score (nSPS) is 20.4. The minimum Gasteiger partial charge on any atom is -0.293 e. The first kappa shape index (κ1) is 17.1. The van der Waals surface area contributed by atoms with Crippen LogP contribution >= 0.6 is 35.0 Å². The molecule has 1 atom stereocenters. The van der Waals surface area contributed by atoms with Crippen molar-refractivity contribution in [2.75, 3.05) is 30.9 Å². The van der Waals surface area contributed by atoms with Gasteiger partial charge in [-0.2, -0.15) is 11.8 Å². The molecule has 1 aliphatic rings. The highest BCUT2D eigenvalue weighted by Gasteiger charge is 2.32. The molecule has 0 saturated carbocycles. The maximum absolute atomic E-state index is 12.4. The Morgan fingerprint density at radius 1 is 1.43 bits per heavy atom. The van der Waals surface area contributed by atoms with Crippen LogP contribution in [0.15, 0.2) is 18.2 Å². The van der Waals surface area contributed by atoms with Crippen LogP contribution in [0.25, 0.3) is 0 Å². The summed E-state index contributed by atoms with van der Waals surface area (Å²) >= 11 is 13.5. The number of sulfone groups is 1. The summed E-state index contributed by atoms with van der Waals surface area (Å²) in [7, 11) is -3.23. The molecule has 1 fully saturated rings. The van der Waals surface area contributed by atoms with E-state index in [0.29, 0.717) is 27.9 Å². The Morgan fingerprint density at radius 3 is 2.81 bits per heavy atom. The summed E-state index contributed by atoms with van der Waals surface area (Å²) in [6, 6.07) is 4.69. The zero-order chi connectivity index (χ0) is 15.6. The SMILES string of the molecule is CS(=O)(=O)C1CSCCN1CC(=O)c1cc(Cl)ccc1Cl. The third-order valence-corrected chi connectivity index (χ3v) is 6.51. The second-order valence-corrected chi connectivity index (χ2v) is 9.07. The highest BCUT2D eigenvalue weighted by Crippen LogP contribution is 2.24. The topological polar surface area (TPSA) is 54.5 Å². The molecule has 0 amide bonds. The fourth-order valence-electron chi connectivity index (χ4n) is 2.17.